The van der Waals surface area contributed by atoms with Crippen molar-refractivity contribution in [2.75, 3.05) is 11.4 Å². The van der Waals surface area contributed by atoms with Crippen LogP contribution in [0.15, 0.2) is 41.8 Å². The standard InChI is InChI=1S/C16H15ClN2O2S/c17-11-3-5-12(6-4-11)19-15(20)10-14(16(19)21)18-8-7-13-2-1-9-22-13/h1-6,9,14,18H,7-8,10H2/t14-/m0/s1. The van der Waals surface area contributed by atoms with Crippen molar-refractivity contribution in [3.8, 4) is 0 Å². The highest BCUT2D eigenvalue weighted by Crippen LogP contribution is 2.24. The maximum absolute atomic E-state index is 12.4. The molecule has 1 N–H and O–H groups in total. The van der Waals surface area contributed by atoms with Gasteiger partial charge in [-0.15, -0.1) is 11.3 Å². The minimum absolute atomic E-state index is 0.180. The Morgan fingerprint density at radius 1 is 1.23 bits per heavy atom. The molecule has 1 saturated heterocycles. The molecule has 0 radical (unpaired) electrons. The van der Waals surface area contributed by atoms with E-state index in [-0.39, 0.29) is 18.2 Å². The summed E-state index contributed by atoms with van der Waals surface area (Å²) in [5, 5.41) is 5.79. The first-order valence-corrected chi connectivity index (χ1v) is 8.29. The van der Waals surface area contributed by atoms with Gasteiger partial charge in [-0.25, -0.2) is 4.90 Å². The highest BCUT2D eigenvalue weighted by atomic mass is 35.5. The number of nitrogens with zero attached hydrogens (tertiary/aromatic N) is 1. The van der Waals surface area contributed by atoms with E-state index in [1.165, 1.54) is 9.78 Å². The van der Waals surface area contributed by atoms with Gasteiger partial charge < -0.3 is 5.32 Å². The Balaban J connectivity index is 1.62. The summed E-state index contributed by atoms with van der Waals surface area (Å²) in [4.78, 5) is 27.0. The van der Waals surface area contributed by atoms with Crippen LogP contribution in [0.25, 0.3) is 0 Å². The van der Waals surface area contributed by atoms with Crippen molar-refractivity contribution in [1.82, 2.24) is 5.32 Å². The SMILES string of the molecule is O=C1C[C@H](NCCc2cccs2)C(=O)N1c1ccc(Cl)cc1. The molecule has 0 unspecified atom stereocenters. The number of carbonyl (C=O) groups excluding carboxylic acids is 2. The van der Waals surface area contributed by atoms with Gasteiger partial charge in [0.15, 0.2) is 0 Å². The summed E-state index contributed by atoms with van der Waals surface area (Å²) < 4.78 is 0. The maximum atomic E-state index is 12.4. The Hall–Kier alpha value is -1.69. The molecule has 1 aliphatic rings. The second-order valence-electron chi connectivity index (χ2n) is 5.08. The Kier molecular flexibility index (Phi) is 4.57. The molecule has 114 valence electrons. The van der Waals surface area contributed by atoms with Crippen molar-refractivity contribution in [2.45, 2.75) is 18.9 Å². The molecule has 1 atom stereocenters. The highest BCUT2D eigenvalue weighted by molar-refractivity contribution is 7.09. The molecule has 2 aromatic rings. The normalized spacial score (nSPS) is 18.2. The fourth-order valence-electron chi connectivity index (χ4n) is 2.48. The second kappa shape index (κ2) is 6.60. The third-order valence-corrected chi connectivity index (χ3v) is 4.76. The molecular weight excluding hydrogens is 320 g/mol. The predicted molar refractivity (Wildman–Crippen MR) is 88.4 cm³/mol. The highest BCUT2D eigenvalue weighted by Gasteiger charge is 2.39. The van der Waals surface area contributed by atoms with E-state index in [9.17, 15) is 9.59 Å². The number of amides is 2. The van der Waals surface area contributed by atoms with Gasteiger partial charge in [0, 0.05) is 16.4 Å². The van der Waals surface area contributed by atoms with Crippen molar-refractivity contribution >= 4 is 40.4 Å². The number of nitrogens with one attached hydrogen (secondary N) is 1. The first-order valence-electron chi connectivity index (χ1n) is 7.03. The Labute approximate surface area is 137 Å². The molecule has 22 heavy (non-hydrogen) atoms. The minimum Gasteiger partial charge on any atom is -0.305 e. The number of hydrogen-bond acceptors (Lipinski definition) is 4. The van der Waals surface area contributed by atoms with E-state index < -0.39 is 6.04 Å². The maximum Gasteiger partial charge on any atom is 0.251 e. The molecule has 2 amide bonds. The average Bonchev–Trinajstić information content (AvgIpc) is 3.10. The molecule has 2 heterocycles. The Bertz CT molecular complexity index is 670. The summed E-state index contributed by atoms with van der Waals surface area (Å²) in [6.07, 6.45) is 1.06. The van der Waals surface area contributed by atoms with E-state index >= 15 is 0 Å². The number of thiophene rings is 1. The van der Waals surface area contributed by atoms with Crippen LogP contribution in [-0.2, 0) is 16.0 Å². The van der Waals surface area contributed by atoms with Crippen molar-refractivity contribution in [1.29, 1.82) is 0 Å². The lowest BCUT2D eigenvalue weighted by Gasteiger charge is -2.15. The van der Waals surface area contributed by atoms with Gasteiger partial charge in [0.2, 0.25) is 5.91 Å². The number of hydrogen-bond donors (Lipinski definition) is 1. The number of halogens is 1. The van der Waals surface area contributed by atoms with E-state index in [4.69, 9.17) is 11.6 Å². The minimum atomic E-state index is -0.442. The zero-order valence-corrected chi connectivity index (χ0v) is 13.4. The fraction of sp³-hybridized carbons (Fsp3) is 0.250. The number of imide groups is 1. The van der Waals surface area contributed by atoms with Crippen molar-refractivity contribution in [3.63, 3.8) is 0 Å². The van der Waals surface area contributed by atoms with Crippen LogP contribution >= 0.6 is 22.9 Å². The summed E-state index contributed by atoms with van der Waals surface area (Å²) in [5.41, 5.74) is 0.571. The fourth-order valence-corrected chi connectivity index (χ4v) is 3.31. The van der Waals surface area contributed by atoms with Gasteiger partial charge in [0.25, 0.3) is 5.91 Å². The molecule has 1 aliphatic heterocycles. The molecule has 0 spiro atoms. The summed E-state index contributed by atoms with van der Waals surface area (Å²) in [5.74, 6) is -0.376. The van der Waals surface area contributed by atoms with Crippen LogP contribution in [0.2, 0.25) is 5.02 Å². The van der Waals surface area contributed by atoms with E-state index in [0.717, 1.165) is 6.42 Å². The number of anilines is 1. The first kappa shape index (κ1) is 15.2. The number of rotatable bonds is 5. The molecule has 1 aromatic heterocycles. The lowest BCUT2D eigenvalue weighted by Crippen LogP contribution is -2.39. The zero-order chi connectivity index (χ0) is 15.5. The summed E-state index contributed by atoms with van der Waals surface area (Å²) in [6.45, 7) is 0.679. The summed E-state index contributed by atoms with van der Waals surface area (Å²) in [7, 11) is 0. The van der Waals surface area contributed by atoms with E-state index in [2.05, 4.69) is 11.4 Å². The van der Waals surface area contributed by atoms with E-state index in [1.54, 1.807) is 35.6 Å². The molecular formula is C16H15ClN2O2S. The van der Waals surface area contributed by atoms with Crippen molar-refractivity contribution in [3.05, 3.63) is 51.7 Å². The van der Waals surface area contributed by atoms with Crippen LogP contribution in [0.1, 0.15) is 11.3 Å². The molecule has 0 saturated carbocycles. The van der Waals surface area contributed by atoms with Gasteiger partial charge in [0.1, 0.15) is 0 Å². The smallest absolute Gasteiger partial charge is 0.251 e. The van der Waals surface area contributed by atoms with Crippen LogP contribution < -0.4 is 10.2 Å². The molecule has 6 heteroatoms. The third kappa shape index (κ3) is 3.21. The second-order valence-corrected chi connectivity index (χ2v) is 6.55. The number of benzene rings is 1. The van der Waals surface area contributed by atoms with Crippen molar-refractivity contribution < 1.29 is 9.59 Å². The van der Waals surface area contributed by atoms with E-state index in [1.807, 2.05) is 11.4 Å². The molecule has 0 aliphatic carbocycles. The summed E-state index contributed by atoms with van der Waals surface area (Å²) in [6, 6.07) is 10.4. The van der Waals surface area contributed by atoms with Gasteiger partial charge in [-0.05, 0) is 42.1 Å². The van der Waals surface area contributed by atoms with E-state index in [0.29, 0.717) is 17.3 Å². The van der Waals surface area contributed by atoms with Gasteiger partial charge in [-0.1, -0.05) is 17.7 Å². The van der Waals surface area contributed by atoms with Gasteiger partial charge in [0.05, 0.1) is 18.2 Å². The third-order valence-electron chi connectivity index (χ3n) is 3.57. The Morgan fingerprint density at radius 3 is 2.68 bits per heavy atom. The average molecular weight is 335 g/mol. The van der Waals surface area contributed by atoms with Crippen LogP contribution in [0.4, 0.5) is 5.69 Å². The molecule has 1 fully saturated rings. The van der Waals surface area contributed by atoms with Gasteiger partial charge >= 0.3 is 0 Å². The molecule has 3 rings (SSSR count). The summed E-state index contributed by atoms with van der Waals surface area (Å²) >= 11 is 7.53. The predicted octanol–water partition coefficient (Wildman–Crippen LogP) is 2.87. The Morgan fingerprint density at radius 2 is 2.00 bits per heavy atom. The van der Waals surface area contributed by atoms with Gasteiger partial charge in [-0.2, -0.15) is 0 Å². The monoisotopic (exact) mass is 334 g/mol. The first-order chi connectivity index (χ1) is 10.6. The largest absolute Gasteiger partial charge is 0.305 e. The zero-order valence-electron chi connectivity index (χ0n) is 11.8. The van der Waals surface area contributed by atoms with Crippen molar-refractivity contribution in [2.24, 2.45) is 0 Å². The van der Waals surface area contributed by atoms with Crippen LogP contribution in [0, 0.1) is 0 Å². The van der Waals surface area contributed by atoms with Crippen LogP contribution in [0.5, 0.6) is 0 Å². The molecule has 4 nitrogen and oxygen atoms in total. The molecule has 0 bridgehead atoms. The van der Waals surface area contributed by atoms with Crippen LogP contribution in [-0.4, -0.2) is 24.4 Å². The lowest BCUT2D eigenvalue weighted by atomic mass is 10.2. The topological polar surface area (TPSA) is 49.4 Å². The number of carbonyl (C=O) groups is 2. The molecule has 1 aromatic carbocycles. The lowest BCUT2D eigenvalue weighted by molar-refractivity contribution is -0.121. The van der Waals surface area contributed by atoms with Gasteiger partial charge in [-0.3, -0.25) is 9.59 Å². The quantitative estimate of drug-likeness (QED) is 0.855. The van der Waals surface area contributed by atoms with Crippen LogP contribution in [0.3, 0.4) is 0 Å².